The molecular formula is C18H12IN3O. The summed E-state index contributed by atoms with van der Waals surface area (Å²) in [5, 5.41) is 6.58. The van der Waals surface area contributed by atoms with Crippen molar-refractivity contribution in [3.8, 4) is 17.0 Å². The summed E-state index contributed by atoms with van der Waals surface area (Å²) in [5.41, 5.74) is 5.32. The third kappa shape index (κ3) is 1.89. The minimum absolute atomic E-state index is 0.566. The first-order chi connectivity index (χ1) is 11.2. The van der Waals surface area contributed by atoms with Crippen LogP contribution >= 0.6 is 22.6 Å². The van der Waals surface area contributed by atoms with Crippen LogP contribution < -0.4 is 4.74 Å². The van der Waals surface area contributed by atoms with Crippen LogP contribution in [-0.2, 0) is 13.7 Å². The van der Waals surface area contributed by atoms with Gasteiger partial charge in [0, 0.05) is 32.5 Å². The van der Waals surface area contributed by atoms with Gasteiger partial charge in [0.2, 0.25) is 0 Å². The van der Waals surface area contributed by atoms with Crippen molar-refractivity contribution >= 4 is 44.4 Å². The molecule has 0 aliphatic carbocycles. The van der Waals surface area contributed by atoms with Gasteiger partial charge < -0.3 is 4.74 Å². The van der Waals surface area contributed by atoms with Gasteiger partial charge in [0.1, 0.15) is 12.4 Å². The molecule has 0 bridgehead atoms. The summed E-state index contributed by atoms with van der Waals surface area (Å²) < 4.78 is 8.95. The lowest BCUT2D eigenvalue weighted by molar-refractivity contribution is 0.301. The van der Waals surface area contributed by atoms with Gasteiger partial charge in [-0.25, -0.2) is 4.98 Å². The predicted octanol–water partition coefficient (Wildman–Crippen LogP) is 4.29. The average Bonchev–Trinajstić information content (AvgIpc) is 2.94. The van der Waals surface area contributed by atoms with E-state index in [-0.39, 0.29) is 0 Å². The van der Waals surface area contributed by atoms with Crippen LogP contribution in [0.15, 0.2) is 42.6 Å². The average molecular weight is 413 g/mol. The molecule has 0 fully saturated rings. The zero-order chi connectivity index (χ0) is 15.6. The third-order valence-corrected chi connectivity index (χ3v) is 5.04. The molecule has 112 valence electrons. The normalized spacial score (nSPS) is 13.0. The molecule has 0 saturated carbocycles. The van der Waals surface area contributed by atoms with Gasteiger partial charge in [0.25, 0.3) is 0 Å². The van der Waals surface area contributed by atoms with Gasteiger partial charge in [-0.2, -0.15) is 5.10 Å². The topological polar surface area (TPSA) is 39.9 Å². The van der Waals surface area contributed by atoms with Gasteiger partial charge in [-0.1, -0.05) is 6.07 Å². The molecule has 23 heavy (non-hydrogen) atoms. The van der Waals surface area contributed by atoms with Crippen LogP contribution in [0.3, 0.4) is 0 Å². The van der Waals surface area contributed by atoms with Crippen molar-refractivity contribution in [1.29, 1.82) is 0 Å². The summed E-state index contributed by atoms with van der Waals surface area (Å²) in [4.78, 5) is 5.00. The second-order valence-electron chi connectivity index (χ2n) is 5.76. The van der Waals surface area contributed by atoms with Crippen LogP contribution in [-0.4, -0.2) is 14.8 Å². The van der Waals surface area contributed by atoms with E-state index in [0.717, 1.165) is 44.4 Å². The number of aromatic nitrogens is 3. The van der Waals surface area contributed by atoms with Crippen LogP contribution in [0.25, 0.3) is 33.1 Å². The van der Waals surface area contributed by atoms with Crippen molar-refractivity contribution < 1.29 is 4.74 Å². The van der Waals surface area contributed by atoms with Gasteiger partial charge >= 0.3 is 0 Å². The lowest BCUT2D eigenvalue weighted by Gasteiger charge is -2.21. The first kappa shape index (κ1) is 13.3. The van der Waals surface area contributed by atoms with Gasteiger partial charge in [-0.05, 0) is 52.9 Å². The number of ether oxygens (including phenoxy) is 1. The molecule has 0 unspecified atom stereocenters. The minimum atomic E-state index is 0.566. The van der Waals surface area contributed by atoms with E-state index in [9.17, 15) is 0 Å². The smallest absolute Gasteiger partial charge is 0.129 e. The molecule has 0 amide bonds. The fraction of sp³-hybridized carbons (Fsp3) is 0.111. The van der Waals surface area contributed by atoms with E-state index in [1.54, 1.807) is 0 Å². The summed E-state index contributed by atoms with van der Waals surface area (Å²) in [6.07, 6.45) is 1.89. The molecule has 5 rings (SSSR count). The minimum Gasteiger partial charge on any atom is -0.488 e. The van der Waals surface area contributed by atoms with Gasteiger partial charge in [-0.15, -0.1) is 0 Å². The molecule has 1 aliphatic rings. The van der Waals surface area contributed by atoms with E-state index in [2.05, 4.69) is 58.0 Å². The number of nitrogens with zero attached hydrogens (tertiary/aromatic N) is 3. The molecule has 3 heterocycles. The Balaban J connectivity index is 1.89. The SMILES string of the molecule is Cn1ncc2c3nc4c(cc3ccc21)COc1ccc(I)cc1-4. The van der Waals surface area contributed by atoms with Crippen molar-refractivity contribution in [3.05, 3.63) is 51.7 Å². The zero-order valence-corrected chi connectivity index (χ0v) is 14.5. The molecule has 0 saturated heterocycles. The van der Waals surface area contributed by atoms with E-state index in [1.807, 2.05) is 24.0 Å². The number of pyridine rings is 1. The Morgan fingerprint density at radius 1 is 1.17 bits per heavy atom. The summed E-state index contributed by atoms with van der Waals surface area (Å²) in [7, 11) is 1.96. The van der Waals surface area contributed by atoms with E-state index in [4.69, 9.17) is 9.72 Å². The number of fused-ring (bicyclic) bond motifs is 6. The van der Waals surface area contributed by atoms with Crippen molar-refractivity contribution in [2.75, 3.05) is 0 Å². The monoisotopic (exact) mass is 413 g/mol. The van der Waals surface area contributed by atoms with Crippen LogP contribution in [0.2, 0.25) is 0 Å². The summed E-state index contributed by atoms with van der Waals surface area (Å²) in [5.74, 6) is 0.906. The molecule has 1 aliphatic heterocycles. The Bertz CT molecular complexity index is 1100. The Morgan fingerprint density at radius 3 is 3.00 bits per heavy atom. The lowest BCUT2D eigenvalue weighted by atomic mass is 10.00. The van der Waals surface area contributed by atoms with Crippen LogP contribution in [0.4, 0.5) is 0 Å². The van der Waals surface area contributed by atoms with Crippen molar-refractivity contribution in [2.45, 2.75) is 6.61 Å². The van der Waals surface area contributed by atoms with Crippen molar-refractivity contribution in [1.82, 2.24) is 14.8 Å². The maximum absolute atomic E-state index is 5.89. The zero-order valence-electron chi connectivity index (χ0n) is 12.4. The van der Waals surface area contributed by atoms with Gasteiger partial charge in [0.15, 0.2) is 0 Å². The summed E-state index contributed by atoms with van der Waals surface area (Å²) in [6.45, 7) is 0.566. The molecule has 0 N–H and O–H groups in total. The molecule has 5 heteroatoms. The van der Waals surface area contributed by atoms with Crippen molar-refractivity contribution in [3.63, 3.8) is 0 Å². The molecule has 4 nitrogen and oxygen atoms in total. The lowest BCUT2D eigenvalue weighted by Crippen LogP contribution is -2.07. The Kier molecular flexibility index (Phi) is 2.70. The van der Waals surface area contributed by atoms with E-state index < -0.39 is 0 Å². The van der Waals surface area contributed by atoms with Crippen LogP contribution in [0.1, 0.15) is 5.56 Å². The molecule has 0 spiro atoms. The number of benzene rings is 2. The first-order valence-electron chi connectivity index (χ1n) is 7.38. The van der Waals surface area contributed by atoms with Crippen LogP contribution in [0, 0.1) is 3.57 Å². The highest BCUT2D eigenvalue weighted by molar-refractivity contribution is 14.1. The van der Waals surface area contributed by atoms with Gasteiger partial charge in [-0.3, -0.25) is 4.68 Å². The Hall–Kier alpha value is -2.15. The molecule has 2 aromatic carbocycles. The summed E-state index contributed by atoms with van der Waals surface area (Å²) in [6, 6.07) is 12.6. The third-order valence-electron chi connectivity index (χ3n) is 4.37. The second kappa shape index (κ2) is 4.67. The maximum Gasteiger partial charge on any atom is 0.129 e. The Labute approximate surface area is 146 Å². The molecule has 0 atom stereocenters. The molecule has 2 aromatic heterocycles. The number of halogens is 1. The van der Waals surface area contributed by atoms with E-state index in [0.29, 0.717) is 6.61 Å². The predicted molar refractivity (Wildman–Crippen MR) is 98.5 cm³/mol. The maximum atomic E-state index is 5.89. The highest BCUT2D eigenvalue weighted by atomic mass is 127. The number of hydrogen-bond donors (Lipinski definition) is 0. The summed E-state index contributed by atoms with van der Waals surface area (Å²) >= 11 is 2.32. The first-order valence-corrected chi connectivity index (χ1v) is 8.46. The number of aryl methyl sites for hydroxylation is 1. The van der Waals surface area contributed by atoms with Gasteiger partial charge in [0.05, 0.1) is 22.9 Å². The van der Waals surface area contributed by atoms with Crippen molar-refractivity contribution in [2.24, 2.45) is 7.05 Å². The number of rotatable bonds is 0. The number of hydrogen-bond acceptors (Lipinski definition) is 3. The van der Waals surface area contributed by atoms with E-state index in [1.165, 1.54) is 3.57 Å². The van der Waals surface area contributed by atoms with E-state index >= 15 is 0 Å². The fourth-order valence-electron chi connectivity index (χ4n) is 3.22. The fourth-order valence-corrected chi connectivity index (χ4v) is 3.71. The molecule has 4 aromatic rings. The highest BCUT2D eigenvalue weighted by Gasteiger charge is 2.20. The molecule has 0 radical (unpaired) electrons. The largest absolute Gasteiger partial charge is 0.488 e. The Morgan fingerprint density at radius 2 is 2.09 bits per heavy atom. The highest BCUT2D eigenvalue weighted by Crippen LogP contribution is 2.39. The molecular weight excluding hydrogens is 401 g/mol. The second-order valence-corrected chi connectivity index (χ2v) is 7.01. The standard InChI is InChI=1S/C18H12IN3O/c1-22-15-4-2-10-6-11-9-23-16-5-3-12(19)7-13(16)18(11)21-17(10)14(15)8-20-22/h2-8H,9H2,1H3. The quantitative estimate of drug-likeness (QED) is 0.404. The van der Waals surface area contributed by atoms with Crippen LogP contribution in [0.5, 0.6) is 5.75 Å².